The van der Waals surface area contributed by atoms with Crippen molar-refractivity contribution in [3.8, 4) is 0 Å². The fraction of sp³-hybridized carbons (Fsp3) is 0.520. The number of hydrogen-bond donors (Lipinski definition) is 1. The molecule has 168 valence electrons. The molecule has 1 aromatic carbocycles. The van der Waals surface area contributed by atoms with Crippen molar-refractivity contribution < 1.29 is 14.3 Å². The fourth-order valence-electron chi connectivity index (χ4n) is 5.77. The molecule has 1 aromatic heterocycles. The van der Waals surface area contributed by atoms with Gasteiger partial charge in [-0.3, -0.25) is 4.79 Å². The molecule has 32 heavy (non-hydrogen) atoms. The number of amides is 1. The van der Waals surface area contributed by atoms with Crippen molar-refractivity contribution in [3.63, 3.8) is 0 Å². The van der Waals surface area contributed by atoms with Crippen molar-refractivity contribution in [3.05, 3.63) is 42.1 Å². The largest absolute Gasteiger partial charge is 0.381 e. The number of rotatable bonds is 3. The summed E-state index contributed by atoms with van der Waals surface area (Å²) >= 11 is 0. The molecule has 3 fully saturated rings. The first-order valence-corrected chi connectivity index (χ1v) is 11.8. The molecule has 3 aliphatic heterocycles. The summed E-state index contributed by atoms with van der Waals surface area (Å²) in [4.78, 5) is 22.8. The van der Waals surface area contributed by atoms with Gasteiger partial charge < -0.3 is 24.6 Å². The Kier molecular flexibility index (Phi) is 5.03. The number of anilines is 4. The van der Waals surface area contributed by atoms with Crippen LogP contribution in [0.15, 0.2) is 36.5 Å². The Hall–Kier alpha value is -2.64. The van der Waals surface area contributed by atoms with Crippen LogP contribution in [0.2, 0.25) is 0 Å². The third-order valence-electron chi connectivity index (χ3n) is 7.60. The van der Waals surface area contributed by atoms with E-state index in [0.29, 0.717) is 18.7 Å². The number of carbonyl (C=O) groups excluding carboxylic acids is 1. The first-order chi connectivity index (χ1) is 15.7. The maximum Gasteiger partial charge on any atom is 0.230 e. The average Bonchev–Trinajstić information content (AvgIpc) is 3.43. The van der Waals surface area contributed by atoms with E-state index in [2.05, 4.69) is 39.5 Å². The lowest BCUT2D eigenvalue weighted by Gasteiger charge is -2.33. The molecule has 1 N–H and O–H groups in total. The zero-order valence-electron chi connectivity index (χ0n) is 18.5. The van der Waals surface area contributed by atoms with Gasteiger partial charge in [0.15, 0.2) is 0 Å². The lowest BCUT2D eigenvalue weighted by molar-refractivity contribution is -0.124. The second-order valence-electron chi connectivity index (χ2n) is 9.47. The quantitative estimate of drug-likeness (QED) is 0.792. The molecule has 1 saturated carbocycles. The standard InChI is InChI=1S/C25H30N4O3/c1-31-20-7-4-16(5-8-20)25(30)29-13-17-3-2-10-26-24(17)27-22-9-6-18(12-23(22)29)28-14-21-11-19(28)15-32-21/h2-3,6,9-10,12,16,19-21H,4-5,7-8,11,13-15H2,1H3,(H,26,27)/t16-,19-,20-,21-/m0/s1. The molecule has 0 spiro atoms. The third-order valence-corrected chi connectivity index (χ3v) is 7.60. The zero-order valence-corrected chi connectivity index (χ0v) is 18.5. The number of carbonyl (C=O) groups is 1. The second-order valence-corrected chi connectivity index (χ2v) is 9.47. The molecule has 2 bridgehead atoms. The van der Waals surface area contributed by atoms with Crippen LogP contribution in [0.4, 0.5) is 22.9 Å². The lowest BCUT2D eigenvalue weighted by atomic mass is 9.86. The number of morpholine rings is 1. The van der Waals surface area contributed by atoms with Gasteiger partial charge in [-0.1, -0.05) is 6.07 Å². The number of hydrogen-bond acceptors (Lipinski definition) is 6. The number of pyridine rings is 1. The maximum atomic E-state index is 13.8. The lowest BCUT2D eigenvalue weighted by Crippen LogP contribution is -2.39. The van der Waals surface area contributed by atoms with E-state index in [9.17, 15) is 4.79 Å². The van der Waals surface area contributed by atoms with E-state index in [4.69, 9.17) is 9.47 Å². The van der Waals surface area contributed by atoms with Crippen LogP contribution in [-0.2, 0) is 20.8 Å². The molecular weight excluding hydrogens is 404 g/mol. The predicted octanol–water partition coefficient (Wildman–Crippen LogP) is 3.85. The van der Waals surface area contributed by atoms with Crippen LogP contribution in [0.25, 0.3) is 0 Å². The Labute approximate surface area is 188 Å². The highest BCUT2D eigenvalue weighted by molar-refractivity contribution is 6.00. The number of ether oxygens (including phenoxy) is 2. The Morgan fingerprint density at radius 1 is 1.22 bits per heavy atom. The highest BCUT2D eigenvalue weighted by Crippen LogP contribution is 2.41. The third kappa shape index (κ3) is 3.44. The van der Waals surface area contributed by atoms with Gasteiger partial charge in [0.2, 0.25) is 5.91 Å². The van der Waals surface area contributed by atoms with E-state index in [1.54, 1.807) is 13.3 Å². The molecule has 2 saturated heterocycles. The number of nitrogens with zero attached hydrogens (tertiary/aromatic N) is 3. The molecular formula is C25H30N4O3. The molecule has 7 heteroatoms. The van der Waals surface area contributed by atoms with Crippen LogP contribution in [0.5, 0.6) is 0 Å². The molecule has 0 radical (unpaired) electrons. The van der Waals surface area contributed by atoms with Gasteiger partial charge in [0.05, 0.1) is 42.8 Å². The van der Waals surface area contributed by atoms with Gasteiger partial charge in [0.1, 0.15) is 5.82 Å². The maximum absolute atomic E-state index is 13.8. The van der Waals surface area contributed by atoms with Gasteiger partial charge in [-0.05, 0) is 56.4 Å². The normalized spacial score (nSPS) is 28.7. The van der Waals surface area contributed by atoms with Crippen molar-refractivity contribution in [2.45, 2.75) is 56.9 Å². The van der Waals surface area contributed by atoms with Crippen LogP contribution >= 0.6 is 0 Å². The molecule has 0 unspecified atom stereocenters. The van der Waals surface area contributed by atoms with E-state index in [0.717, 1.165) is 68.0 Å². The number of methoxy groups -OCH3 is 1. The van der Waals surface area contributed by atoms with Crippen LogP contribution in [-0.4, -0.2) is 49.4 Å². The Morgan fingerprint density at radius 2 is 2.09 bits per heavy atom. The zero-order chi connectivity index (χ0) is 21.7. The van der Waals surface area contributed by atoms with Crippen molar-refractivity contribution in [1.82, 2.24) is 4.98 Å². The first-order valence-electron chi connectivity index (χ1n) is 11.8. The van der Waals surface area contributed by atoms with Gasteiger partial charge in [0, 0.05) is 37.0 Å². The number of nitrogens with one attached hydrogen (secondary N) is 1. The van der Waals surface area contributed by atoms with Crippen molar-refractivity contribution >= 4 is 28.8 Å². The van der Waals surface area contributed by atoms with Gasteiger partial charge in [-0.15, -0.1) is 0 Å². The smallest absolute Gasteiger partial charge is 0.230 e. The fourth-order valence-corrected chi connectivity index (χ4v) is 5.77. The highest BCUT2D eigenvalue weighted by atomic mass is 16.5. The van der Waals surface area contributed by atoms with E-state index in [1.165, 1.54) is 5.69 Å². The summed E-state index contributed by atoms with van der Waals surface area (Å²) in [6.45, 7) is 2.25. The Balaban J connectivity index is 1.35. The van der Waals surface area contributed by atoms with E-state index >= 15 is 0 Å². The average molecular weight is 435 g/mol. The van der Waals surface area contributed by atoms with Gasteiger partial charge >= 0.3 is 0 Å². The van der Waals surface area contributed by atoms with Crippen LogP contribution in [0.3, 0.4) is 0 Å². The summed E-state index contributed by atoms with van der Waals surface area (Å²) in [6, 6.07) is 10.9. The molecule has 4 heterocycles. The summed E-state index contributed by atoms with van der Waals surface area (Å²) in [5, 5.41) is 3.49. The van der Waals surface area contributed by atoms with Crippen molar-refractivity contribution in [2.75, 3.05) is 35.4 Å². The van der Waals surface area contributed by atoms with Crippen LogP contribution < -0.4 is 15.1 Å². The van der Waals surface area contributed by atoms with Crippen molar-refractivity contribution in [1.29, 1.82) is 0 Å². The molecule has 7 nitrogen and oxygen atoms in total. The van der Waals surface area contributed by atoms with E-state index in [-0.39, 0.29) is 17.9 Å². The van der Waals surface area contributed by atoms with Crippen LogP contribution in [0, 0.1) is 5.92 Å². The number of fused-ring (bicyclic) bond motifs is 4. The monoisotopic (exact) mass is 434 g/mol. The summed E-state index contributed by atoms with van der Waals surface area (Å²) in [5.74, 6) is 1.07. The predicted molar refractivity (Wildman–Crippen MR) is 123 cm³/mol. The topological polar surface area (TPSA) is 66.9 Å². The molecule has 4 aliphatic rings. The minimum Gasteiger partial charge on any atom is -0.381 e. The summed E-state index contributed by atoms with van der Waals surface area (Å²) < 4.78 is 11.3. The first kappa shape index (κ1) is 20.0. The SMILES string of the molecule is CO[C@H]1CC[C@H](C(=O)N2Cc3cccnc3Nc3ccc(N4C[C@@H]5C[C@H]4CO5)cc32)CC1. The number of aromatic nitrogens is 1. The molecule has 1 aliphatic carbocycles. The Bertz CT molecular complexity index is 1020. The van der Waals surface area contributed by atoms with E-state index in [1.807, 2.05) is 11.0 Å². The van der Waals surface area contributed by atoms with Crippen molar-refractivity contribution in [2.24, 2.45) is 5.92 Å². The molecule has 1 amide bonds. The number of benzene rings is 1. The Morgan fingerprint density at radius 3 is 2.84 bits per heavy atom. The highest BCUT2D eigenvalue weighted by Gasteiger charge is 2.40. The molecule has 2 atom stereocenters. The van der Waals surface area contributed by atoms with E-state index < -0.39 is 0 Å². The van der Waals surface area contributed by atoms with Gasteiger partial charge in [-0.2, -0.15) is 0 Å². The minimum atomic E-state index is 0.0346. The summed E-state index contributed by atoms with van der Waals surface area (Å²) in [7, 11) is 1.77. The minimum absolute atomic E-state index is 0.0346. The van der Waals surface area contributed by atoms with Gasteiger partial charge in [-0.25, -0.2) is 4.98 Å². The summed E-state index contributed by atoms with van der Waals surface area (Å²) in [5.41, 5.74) is 4.09. The molecule has 2 aromatic rings. The van der Waals surface area contributed by atoms with Crippen LogP contribution in [0.1, 0.15) is 37.7 Å². The summed E-state index contributed by atoms with van der Waals surface area (Å²) in [6.07, 6.45) is 7.15. The molecule has 6 rings (SSSR count). The van der Waals surface area contributed by atoms with Gasteiger partial charge in [0.25, 0.3) is 0 Å². The second kappa shape index (κ2) is 8.05.